The predicted molar refractivity (Wildman–Crippen MR) is 80.0 cm³/mol. The van der Waals surface area contributed by atoms with E-state index in [9.17, 15) is 4.79 Å². The van der Waals surface area contributed by atoms with E-state index in [0.717, 1.165) is 45.8 Å². The Morgan fingerprint density at radius 1 is 1.42 bits per heavy atom. The largest absolute Gasteiger partial charge is 0.493 e. The summed E-state index contributed by atoms with van der Waals surface area (Å²) in [4.78, 5) is 15.4. The number of nitrogens with zero attached hydrogens (tertiary/aromatic N) is 1. The summed E-state index contributed by atoms with van der Waals surface area (Å²) in [6.07, 6.45) is 2.85. The Morgan fingerprint density at radius 3 is 2.89 bits per heavy atom. The molecular weight excluding hydrogens is 306 g/mol. The minimum Gasteiger partial charge on any atom is -0.493 e. The van der Waals surface area contributed by atoms with Gasteiger partial charge in [-0.2, -0.15) is 0 Å². The molecule has 0 unspecified atom stereocenters. The van der Waals surface area contributed by atoms with E-state index in [1.54, 1.807) is 0 Å². The van der Waals surface area contributed by atoms with Crippen molar-refractivity contribution in [1.29, 1.82) is 0 Å². The second kappa shape index (κ2) is 6.15. The van der Waals surface area contributed by atoms with Crippen LogP contribution < -0.4 is 4.74 Å². The minimum atomic E-state index is 0.446. The maximum Gasteiger partial charge on any atom is 0.168 e. The molecule has 2 rings (SSSR count). The van der Waals surface area contributed by atoms with Crippen molar-refractivity contribution in [3.05, 3.63) is 33.9 Å². The standard InChI is InChI=1S/C15H16BrNO2/c1-3-4-7-19-15-10(2)14(9-18)17-13-6-5-11(16)8-12(13)15/h5-6,8-9H,3-4,7H2,1-2H3. The van der Waals surface area contributed by atoms with Crippen LogP contribution in [0.25, 0.3) is 10.9 Å². The summed E-state index contributed by atoms with van der Waals surface area (Å²) >= 11 is 3.46. The van der Waals surface area contributed by atoms with E-state index < -0.39 is 0 Å². The van der Waals surface area contributed by atoms with Gasteiger partial charge < -0.3 is 4.74 Å². The summed E-state index contributed by atoms with van der Waals surface area (Å²) in [5.41, 5.74) is 2.03. The predicted octanol–water partition coefficient (Wildman–Crippen LogP) is 4.30. The van der Waals surface area contributed by atoms with E-state index in [4.69, 9.17) is 4.74 Å². The Labute approximate surface area is 121 Å². The highest BCUT2D eigenvalue weighted by atomic mass is 79.9. The summed E-state index contributed by atoms with van der Waals surface area (Å²) in [7, 11) is 0. The number of rotatable bonds is 5. The third kappa shape index (κ3) is 2.95. The summed E-state index contributed by atoms with van der Waals surface area (Å²) in [5, 5.41) is 0.938. The van der Waals surface area contributed by atoms with Crippen LogP contribution in [0.5, 0.6) is 5.75 Å². The van der Waals surface area contributed by atoms with Crippen molar-refractivity contribution in [3.8, 4) is 5.75 Å². The minimum absolute atomic E-state index is 0.446. The highest BCUT2D eigenvalue weighted by Crippen LogP contribution is 2.32. The van der Waals surface area contributed by atoms with Gasteiger partial charge >= 0.3 is 0 Å². The van der Waals surface area contributed by atoms with Crippen LogP contribution in [0.15, 0.2) is 22.7 Å². The van der Waals surface area contributed by atoms with Gasteiger partial charge in [-0.25, -0.2) is 4.98 Å². The van der Waals surface area contributed by atoms with Gasteiger partial charge in [-0.15, -0.1) is 0 Å². The number of aldehydes is 1. The molecule has 0 spiro atoms. The molecule has 0 aliphatic carbocycles. The van der Waals surface area contributed by atoms with Crippen LogP contribution in [-0.2, 0) is 0 Å². The molecule has 2 aromatic rings. The van der Waals surface area contributed by atoms with Crippen LogP contribution in [0.4, 0.5) is 0 Å². The van der Waals surface area contributed by atoms with Gasteiger partial charge in [0.15, 0.2) is 6.29 Å². The van der Waals surface area contributed by atoms with Crippen LogP contribution in [0.2, 0.25) is 0 Å². The number of hydrogen-bond acceptors (Lipinski definition) is 3. The number of fused-ring (bicyclic) bond motifs is 1. The fourth-order valence-electron chi connectivity index (χ4n) is 1.94. The van der Waals surface area contributed by atoms with Crippen molar-refractivity contribution in [1.82, 2.24) is 4.98 Å². The number of unbranched alkanes of at least 4 members (excludes halogenated alkanes) is 1. The Balaban J connectivity index is 2.57. The normalized spacial score (nSPS) is 10.7. The summed E-state index contributed by atoms with van der Waals surface area (Å²) in [6.45, 7) is 4.65. The zero-order valence-corrected chi connectivity index (χ0v) is 12.7. The molecule has 0 aliphatic rings. The monoisotopic (exact) mass is 321 g/mol. The molecule has 3 nitrogen and oxygen atoms in total. The number of benzene rings is 1. The third-order valence-corrected chi connectivity index (χ3v) is 3.52. The molecule has 0 bridgehead atoms. The maximum absolute atomic E-state index is 11.1. The third-order valence-electron chi connectivity index (χ3n) is 3.02. The van der Waals surface area contributed by atoms with Crippen molar-refractivity contribution in [3.63, 3.8) is 0 Å². The van der Waals surface area contributed by atoms with E-state index in [2.05, 4.69) is 27.8 Å². The number of ether oxygens (including phenoxy) is 1. The molecule has 0 saturated heterocycles. The van der Waals surface area contributed by atoms with Crippen molar-refractivity contribution in [2.75, 3.05) is 6.61 Å². The molecule has 1 aromatic heterocycles. The van der Waals surface area contributed by atoms with Crippen LogP contribution in [0, 0.1) is 6.92 Å². The zero-order valence-electron chi connectivity index (χ0n) is 11.1. The number of aromatic nitrogens is 1. The average Bonchev–Trinajstić information content (AvgIpc) is 2.41. The van der Waals surface area contributed by atoms with Gasteiger partial charge in [-0.3, -0.25) is 4.79 Å². The number of carbonyl (C=O) groups is 1. The van der Waals surface area contributed by atoms with Crippen LogP contribution in [0.1, 0.15) is 35.8 Å². The lowest BCUT2D eigenvalue weighted by Crippen LogP contribution is -2.03. The number of hydrogen-bond donors (Lipinski definition) is 0. The van der Waals surface area contributed by atoms with Gasteiger partial charge in [0.25, 0.3) is 0 Å². The molecule has 1 aromatic carbocycles. The summed E-state index contributed by atoms with van der Waals surface area (Å²) in [6, 6.07) is 5.78. The van der Waals surface area contributed by atoms with Gasteiger partial charge in [-0.1, -0.05) is 29.3 Å². The molecule has 4 heteroatoms. The first-order valence-corrected chi connectivity index (χ1v) is 7.14. The summed E-state index contributed by atoms with van der Waals surface area (Å²) in [5.74, 6) is 0.766. The molecular formula is C15H16BrNO2. The van der Waals surface area contributed by atoms with Crippen molar-refractivity contribution >= 4 is 33.1 Å². The van der Waals surface area contributed by atoms with Gasteiger partial charge in [0.2, 0.25) is 0 Å². The second-order valence-corrected chi connectivity index (χ2v) is 5.35. The van der Waals surface area contributed by atoms with Crippen molar-refractivity contribution in [2.24, 2.45) is 0 Å². The lowest BCUT2D eigenvalue weighted by molar-refractivity contribution is 0.111. The molecule has 0 radical (unpaired) electrons. The van der Waals surface area contributed by atoms with E-state index in [1.165, 1.54) is 0 Å². The lowest BCUT2D eigenvalue weighted by atomic mass is 10.1. The first kappa shape index (κ1) is 14.0. The quantitative estimate of drug-likeness (QED) is 0.609. The van der Waals surface area contributed by atoms with Crippen molar-refractivity contribution < 1.29 is 9.53 Å². The highest BCUT2D eigenvalue weighted by Gasteiger charge is 2.13. The molecule has 0 aliphatic heterocycles. The topological polar surface area (TPSA) is 39.2 Å². The van der Waals surface area contributed by atoms with E-state index in [-0.39, 0.29) is 0 Å². The fourth-order valence-corrected chi connectivity index (χ4v) is 2.30. The molecule has 0 N–H and O–H groups in total. The SMILES string of the molecule is CCCCOc1c(C)c(C=O)nc2ccc(Br)cc12. The molecule has 1 heterocycles. The molecule has 0 saturated carbocycles. The van der Waals surface area contributed by atoms with E-state index in [1.807, 2.05) is 25.1 Å². The molecule has 0 amide bonds. The molecule has 0 atom stereocenters. The molecule has 19 heavy (non-hydrogen) atoms. The van der Waals surface area contributed by atoms with Crippen LogP contribution in [0.3, 0.4) is 0 Å². The van der Waals surface area contributed by atoms with Gasteiger partial charge in [-0.05, 0) is 31.5 Å². The lowest BCUT2D eigenvalue weighted by Gasteiger charge is -2.13. The number of pyridine rings is 1. The Bertz CT molecular complexity index is 611. The average molecular weight is 322 g/mol. The second-order valence-electron chi connectivity index (χ2n) is 4.43. The fraction of sp³-hybridized carbons (Fsp3) is 0.333. The number of halogens is 1. The van der Waals surface area contributed by atoms with E-state index >= 15 is 0 Å². The zero-order chi connectivity index (χ0) is 13.8. The highest BCUT2D eigenvalue weighted by molar-refractivity contribution is 9.10. The van der Waals surface area contributed by atoms with Crippen LogP contribution in [-0.4, -0.2) is 17.9 Å². The molecule has 100 valence electrons. The number of carbonyl (C=O) groups excluding carboxylic acids is 1. The Hall–Kier alpha value is -1.42. The van der Waals surface area contributed by atoms with E-state index in [0.29, 0.717) is 12.3 Å². The Kier molecular flexibility index (Phi) is 4.53. The van der Waals surface area contributed by atoms with Crippen LogP contribution >= 0.6 is 15.9 Å². The first-order chi connectivity index (χ1) is 9.17. The Morgan fingerprint density at radius 2 is 2.21 bits per heavy atom. The van der Waals surface area contributed by atoms with Gasteiger partial charge in [0, 0.05) is 15.4 Å². The van der Waals surface area contributed by atoms with Gasteiger partial charge in [0.05, 0.1) is 12.1 Å². The van der Waals surface area contributed by atoms with Gasteiger partial charge in [0.1, 0.15) is 11.4 Å². The smallest absolute Gasteiger partial charge is 0.168 e. The maximum atomic E-state index is 11.1. The van der Waals surface area contributed by atoms with Crippen molar-refractivity contribution in [2.45, 2.75) is 26.7 Å². The first-order valence-electron chi connectivity index (χ1n) is 6.35. The molecule has 0 fully saturated rings. The summed E-state index contributed by atoms with van der Waals surface area (Å²) < 4.78 is 6.84.